The quantitative estimate of drug-likeness (QED) is 0.490. The minimum absolute atomic E-state index is 0.250. The number of nitrogens with zero attached hydrogens (tertiary/aromatic N) is 3. The van der Waals surface area contributed by atoms with Crippen molar-refractivity contribution in [2.24, 2.45) is 5.11 Å². The third-order valence-corrected chi connectivity index (χ3v) is 2.16. The zero-order valence-electron chi connectivity index (χ0n) is 9.45. The molecule has 104 valence electrons. The van der Waals surface area contributed by atoms with E-state index in [2.05, 4.69) is 14.8 Å². The molecule has 0 spiro atoms. The maximum absolute atomic E-state index is 12.2. The van der Waals surface area contributed by atoms with E-state index in [0.29, 0.717) is 0 Å². The van der Waals surface area contributed by atoms with Crippen molar-refractivity contribution in [2.75, 3.05) is 6.54 Å². The molecule has 1 aromatic carbocycles. The lowest BCUT2D eigenvalue weighted by Gasteiger charge is -2.20. The number of para-hydroxylation sites is 1. The maximum atomic E-state index is 12.2. The minimum Gasteiger partial charge on any atom is -0.405 e. The Morgan fingerprint density at radius 2 is 1.95 bits per heavy atom. The summed E-state index contributed by atoms with van der Waals surface area (Å²) < 4.78 is 40.2. The lowest BCUT2D eigenvalue weighted by Crippen LogP contribution is -2.24. The van der Waals surface area contributed by atoms with E-state index >= 15 is 0 Å². The largest absolute Gasteiger partial charge is 0.573 e. The van der Waals surface area contributed by atoms with Gasteiger partial charge in [0.1, 0.15) is 11.9 Å². The molecule has 2 atom stereocenters. The number of azide groups is 1. The van der Waals surface area contributed by atoms with Crippen LogP contribution in [-0.2, 0) is 0 Å². The monoisotopic (exact) mass is 277 g/mol. The van der Waals surface area contributed by atoms with Gasteiger partial charge in [0, 0.05) is 10.5 Å². The predicted molar refractivity (Wildman–Crippen MR) is 58.1 cm³/mol. The fraction of sp³-hybridized carbons (Fsp3) is 0.400. The highest BCUT2D eigenvalue weighted by Crippen LogP contribution is 2.31. The molecule has 2 unspecified atom stereocenters. The highest BCUT2D eigenvalue weighted by Gasteiger charge is 2.33. The standard InChI is InChI=1S/C10H10F3N3O3/c11-10(12,13)19-8-4-2-1-3-6(8)9(18)7(17)5-15-16-14/h1-4,7,9,17-18H,5H2. The van der Waals surface area contributed by atoms with Crippen molar-refractivity contribution in [3.8, 4) is 5.75 Å². The van der Waals surface area contributed by atoms with Crippen molar-refractivity contribution >= 4 is 0 Å². The summed E-state index contributed by atoms with van der Waals surface area (Å²) in [6.45, 7) is -0.474. The van der Waals surface area contributed by atoms with Gasteiger partial charge in [-0.3, -0.25) is 0 Å². The van der Waals surface area contributed by atoms with Gasteiger partial charge in [-0.1, -0.05) is 23.3 Å². The van der Waals surface area contributed by atoms with Gasteiger partial charge in [0.05, 0.1) is 12.6 Å². The second-order valence-electron chi connectivity index (χ2n) is 3.51. The summed E-state index contributed by atoms with van der Waals surface area (Å²) in [4.78, 5) is 2.38. The topological polar surface area (TPSA) is 98.5 Å². The Kier molecular flexibility index (Phi) is 4.99. The van der Waals surface area contributed by atoms with Gasteiger partial charge in [0.2, 0.25) is 0 Å². The van der Waals surface area contributed by atoms with E-state index < -0.39 is 30.9 Å². The van der Waals surface area contributed by atoms with Gasteiger partial charge in [-0.15, -0.1) is 13.2 Å². The molecule has 1 rings (SSSR count). The molecule has 0 fully saturated rings. The molecular weight excluding hydrogens is 267 g/mol. The van der Waals surface area contributed by atoms with Crippen LogP contribution in [0.3, 0.4) is 0 Å². The van der Waals surface area contributed by atoms with Gasteiger partial charge in [0.15, 0.2) is 0 Å². The summed E-state index contributed by atoms with van der Waals surface area (Å²) in [5.41, 5.74) is 7.82. The molecule has 1 aromatic rings. The average Bonchev–Trinajstić information content (AvgIpc) is 2.34. The SMILES string of the molecule is [N-]=[N+]=NCC(O)C(O)c1ccccc1OC(F)(F)F. The summed E-state index contributed by atoms with van der Waals surface area (Å²) >= 11 is 0. The molecule has 0 amide bonds. The van der Waals surface area contributed by atoms with E-state index in [4.69, 9.17) is 5.53 Å². The van der Waals surface area contributed by atoms with Gasteiger partial charge in [-0.2, -0.15) is 0 Å². The zero-order chi connectivity index (χ0) is 14.5. The molecular formula is C10H10F3N3O3. The van der Waals surface area contributed by atoms with Gasteiger partial charge in [-0.05, 0) is 11.6 Å². The Labute approximate surface area is 105 Å². The van der Waals surface area contributed by atoms with Crippen LogP contribution >= 0.6 is 0 Å². The predicted octanol–water partition coefficient (Wildman–Crippen LogP) is 2.29. The number of rotatable bonds is 5. The van der Waals surface area contributed by atoms with Crippen LogP contribution in [0.15, 0.2) is 29.4 Å². The van der Waals surface area contributed by atoms with Crippen LogP contribution in [0.25, 0.3) is 10.4 Å². The first-order valence-corrected chi connectivity index (χ1v) is 5.07. The normalized spacial score (nSPS) is 14.4. The Bertz CT molecular complexity index is 475. The van der Waals surface area contributed by atoms with E-state index in [1.54, 1.807) is 0 Å². The van der Waals surface area contributed by atoms with Crippen LogP contribution < -0.4 is 4.74 Å². The number of alkyl halides is 3. The summed E-state index contributed by atoms with van der Waals surface area (Å²) in [6, 6.07) is 4.84. The van der Waals surface area contributed by atoms with Crippen LogP contribution in [0.1, 0.15) is 11.7 Å². The Hall–Kier alpha value is -1.96. The number of hydrogen-bond donors (Lipinski definition) is 2. The van der Waals surface area contributed by atoms with Crippen LogP contribution in [0, 0.1) is 0 Å². The molecule has 0 aliphatic heterocycles. The van der Waals surface area contributed by atoms with E-state index in [9.17, 15) is 23.4 Å². The summed E-state index contributed by atoms with van der Waals surface area (Å²) in [5.74, 6) is -0.623. The molecule has 6 nitrogen and oxygen atoms in total. The molecule has 0 aliphatic rings. The number of hydrogen-bond acceptors (Lipinski definition) is 4. The van der Waals surface area contributed by atoms with E-state index in [1.165, 1.54) is 18.2 Å². The second-order valence-corrected chi connectivity index (χ2v) is 3.51. The van der Waals surface area contributed by atoms with E-state index in [0.717, 1.165) is 6.07 Å². The fourth-order valence-corrected chi connectivity index (χ4v) is 1.37. The first kappa shape index (κ1) is 15.1. The van der Waals surface area contributed by atoms with Crippen molar-refractivity contribution in [3.63, 3.8) is 0 Å². The molecule has 0 bridgehead atoms. The van der Waals surface area contributed by atoms with Gasteiger partial charge >= 0.3 is 6.36 Å². The highest BCUT2D eigenvalue weighted by atomic mass is 19.4. The van der Waals surface area contributed by atoms with Crippen LogP contribution in [0.2, 0.25) is 0 Å². The Morgan fingerprint density at radius 1 is 1.32 bits per heavy atom. The van der Waals surface area contributed by atoms with Gasteiger partial charge in [0.25, 0.3) is 0 Å². The number of aliphatic hydroxyl groups excluding tert-OH is 2. The fourth-order valence-electron chi connectivity index (χ4n) is 1.37. The van der Waals surface area contributed by atoms with Crippen molar-refractivity contribution in [2.45, 2.75) is 18.6 Å². The molecule has 0 heterocycles. The third-order valence-electron chi connectivity index (χ3n) is 2.16. The molecule has 9 heteroatoms. The summed E-state index contributed by atoms with van der Waals surface area (Å²) in [6.07, 6.45) is -8.11. The van der Waals surface area contributed by atoms with Crippen molar-refractivity contribution in [1.29, 1.82) is 0 Å². The average molecular weight is 277 g/mol. The number of halogens is 3. The number of ether oxygens (including phenoxy) is 1. The smallest absolute Gasteiger partial charge is 0.405 e. The van der Waals surface area contributed by atoms with E-state index in [1.807, 2.05) is 0 Å². The van der Waals surface area contributed by atoms with E-state index in [-0.39, 0.29) is 5.56 Å². The first-order chi connectivity index (χ1) is 8.85. The van der Waals surface area contributed by atoms with Crippen molar-refractivity contribution < 1.29 is 28.1 Å². The van der Waals surface area contributed by atoms with Gasteiger partial charge < -0.3 is 14.9 Å². The van der Waals surface area contributed by atoms with Crippen LogP contribution in [0.5, 0.6) is 5.75 Å². The van der Waals surface area contributed by atoms with Crippen LogP contribution in [-0.4, -0.2) is 29.2 Å². The molecule has 19 heavy (non-hydrogen) atoms. The summed E-state index contributed by atoms with van der Waals surface area (Å²) in [7, 11) is 0. The Morgan fingerprint density at radius 3 is 2.53 bits per heavy atom. The molecule has 2 N–H and O–H groups in total. The highest BCUT2D eigenvalue weighted by molar-refractivity contribution is 5.35. The maximum Gasteiger partial charge on any atom is 0.573 e. The lowest BCUT2D eigenvalue weighted by atomic mass is 10.0. The second kappa shape index (κ2) is 6.28. The summed E-state index contributed by atoms with van der Waals surface area (Å²) in [5, 5.41) is 22.2. The molecule has 0 radical (unpaired) electrons. The zero-order valence-corrected chi connectivity index (χ0v) is 9.45. The first-order valence-electron chi connectivity index (χ1n) is 5.07. The lowest BCUT2D eigenvalue weighted by molar-refractivity contribution is -0.275. The molecule has 0 saturated carbocycles. The Balaban J connectivity index is 2.96. The van der Waals surface area contributed by atoms with Gasteiger partial charge in [-0.25, -0.2) is 0 Å². The molecule has 0 saturated heterocycles. The van der Waals surface area contributed by atoms with Crippen molar-refractivity contribution in [1.82, 2.24) is 0 Å². The van der Waals surface area contributed by atoms with Crippen LogP contribution in [0.4, 0.5) is 13.2 Å². The van der Waals surface area contributed by atoms with Crippen molar-refractivity contribution in [3.05, 3.63) is 40.3 Å². The molecule has 0 aromatic heterocycles. The minimum atomic E-state index is -4.91. The molecule has 0 aliphatic carbocycles. The number of benzene rings is 1. The third kappa shape index (κ3) is 4.66. The number of aliphatic hydroxyl groups is 2.